The number of nitrogens with one attached hydrogen (secondary N) is 1. The normalized spacial score (nSPS) is 22.7. The van der Waals surface area contributed by atoms with Gasteiger partial charge in [-0.05, 0) is 52.1 Å². The molecule has 0 saturated carbocycles. The van der Waals surface area contributed by atoms with E-state index in [0.29, 0.717) is 5.92 Å². The van der Waals surface area contributed by atoms with Crippen LogP contribution in [0.3, 0.4) is 0 Å². The van der Waals surface area contributed by atoms with Crippen molar-refractivity contribution < 1.29 is 9.53 Å². The third-order valence-corrected chi connectivity index (χ3v) is 4.21. The van der Waals surface area contributed by atoms with Crippen LogP contribution in [-0.4, -0.2) is 42.3 Å². The highest BCUT2D eigenvalue weighted by Gasteiger charge is 2.29. The molecule has 4 heteroatoms. The van der Waals surface area contributed by atoms with Gasteiger partial charge in [0, 0.05) is 19.1 Å². The Hall–Kier alpha value is -1.55. The molecule has 2 rings (SSSR count). The minimum absolute atomic E-state index is 0.129. The smallest absolute Gasteiger partial charge is 0.407 e. The van der Waals surface area contributed by atoms with Crippen LogP contribution in [0.4, 0.5) is 4.79 Å². The molecule has 0 aromatic heterocycles. The van der Waals surface area contributed by atoms with Gasteiger partial charge in [-0.2, -0.15) is 0 Å². The molecule has 1 N–H and O–H groups in total. The third kappa shape index (κ3) is 5.54. The first-order valence-electron chi connectivity index (χ1n) is 8.55. The fourth-order valence-corrected chi connectivity index (χ4v) is 3.19. The van der Waals surface area contributed by atoms with E-state index >= 15 is 0 Å². The van der Waals surface area contributed by atoms with Crippen molar-refractivity contribution in [3.8, 4) is 0 Å². The second-order valence-corrected chi connectivity index (χ2v) is 7.54. The molecule has 1 heterocycles. The predicted molar refractivity (Wildman–Crippen MR) is 93.8 cm³/mol. The second-order valence-electron chi connectivity index (χ2n) is 7.54. The standard InChI is InChI=1S/C19H30N2O2/c1-6-21-12-16(15-9-7-8-14(2)10-15)11-17(13-21)20-18(22)23-19(3,4)5/h7-10,16-17H,6,11-13H2,1-5H3,(H,20,22). The fraction of sp³-hybridized carbons (Fsp3) is 0.632. The van der Waals surface area contributed by atoms with E-state index in [4.69, 9.17) is 4.74 Å². The highest BCUT2D eigenvalue weighted by molar-refractivity contribution is 5.68. The van der Waals surface area contributed by atoms with E-state index in [-0.39, 0.29) is 12.1 Å². The average molecular weight is 318 g/mol. The quantitative estimate of drug-likeness (QED) is 0.924. The second kappa shape index (κ2) is 7.35. The Morgan fingerprint density at radius 1 is 1.35 bits per heavy atom. The monoisotopic (exact) mass is 318 g/mol. The van der Waals surface area contributed by atoms with E-state index in [9.17, 15) is 4.79 Å². The van der Waals surface area contributed by atoms with Crippen LogP contribution in [0.5, 0.6) is 0 Å². The number of alkyl carbamates (subject to hydrolysis) is 1. The van der Waals surface area contributed by atoms with Gasteiger partial charge in [0.2, 0.25) is 0 Å². The number of likely N-dealkylation sites (tertiary alicyclic amines) is 1. The van der Waals surface area contributed by atoms with Crippen LogP contribution in [0.2, 0.25) is 0 Å². The largest absolute Gasteiger partial charge is 0.444 e. The van der Waals surface area contributed by atoms with Crippen molar-refractivity contribution >= 4 is 6.09 Å². The summed E-state index contributed by atoms with van der Waals surface area (Å²) in [6.07, 6.45) is 0.641. The van der Waals surface area contributed by atoms with Crippen LogP contribution >= 0.6 is 0 Å². The van der Waals surface area contributed by atoms with Gasteiger partial charge < -0.3 is 15.0 Å². The molecule has 1 aliphatic heterocycles. The lowest BCUT2D eigenvalue weighted by molar-refractivity contribution is 0.0467. The summed E-state index contributed by atoms with van der Waals surface area (Å²) < 4.78 is 5.40. The van der Waals surface area contributed by atoms with Crippen LogP contribution in [-0.2, 0) is 4.74 Å². The number of amides is 1. The summed E-state index contributed by atoms with van der Waals surface area (Å²) in [7, 11) is 0. The molecule has 1 aliphatic rings. The number of carbonyl (C=O) groups is 1. The molecule has 0 radical (unpaired) electrons. The molecule has 0 aliphatic carbocycles. The SMILES string of the molecule is CCN1CC(NC(=O)OC(C)(C)C)CC(c2cccc(C)c2)C1. The van der Waals surface area contributed by atoms with Gasteiger partial charge in [0.25, 0.3) is 0 Å². The minimum atomic E-state index is -0.459. The van der Waals surface area contributed by atoms with E-state index in [1.165, 1.54) is 11.1 Å². The van der Waals surface area contributed by atoms with Crippen molar-refractivity contribution in [1.82, 2.24) is 10.2 Å². The third-order valence-electron chi connectivity index (χ3n) is 4.21. The van der Waals surface area contributed by atoms with Crippen molar-refractivity contribution in [2.75, 3.05) is 19.6 Å². The Balaban J connectivity index is 2.05. The van der Waals surface area contributed by atoms with Gasteiger partial charge in [0.15, 0.2) is 0 Å². The van der Waals surface area contributed by atoms with Crippen LogP contribution in [0.1, 0.15) is 51.2 Å². The zero-order valence-corrected chi connectivity index (χ0v) is 15.1. The van der Waals surface area contributed by atoms with Gasteiger partial charge >= 0.3 is 6.09 Å². The van der Waals surface area contributed by atoms with Gasteiger partial charge in [0.05, 0.1) is 0 Å². The lowest BCUT2D eigenvalue weighted by Crippen LogP contribution is -2.51. The summed E-state index contributed by atoms with van der Waals surface area (Å²) in [5.41, 5.74) is 2.19. The summed E-state index contributed by atoms with van der Waals surface area (Å²) in [4.78, 5) is 14.5. The van der Waals surface area contributed by atoms with E-state index in [1.807, 2.05) is 20.8 Å². The number of piperidine rings is 1. The first-order chi connectivity index (χ1) is 10.8. The fourth-order valence-electron chi connectivity index (χ4n) is 3.19. The summed E-state index contributed by atoms with van der Waals surface area (Å²) >= 11 is 0. The van der Waals surface area contributed by atoms with Crippen LogP contribution < -0.4 is 5.32 Å². The van der Waals surface area contributed by atoms with Crippen molar-refractivity contribution in [3.05, 3.63) is 35.4 Å². The highest BCUT2D eigenvalue weighted by atomic mass is 16.6. The summed E-state index contributed by atoms with van der Waals surface area (Å²) in [5, 5.41) is 3.05. The summed E-state index contributed by atoms with van der Waals surface area (Å²) in [5.74, 6) is 0.448. The Kier molecular flexibility index (Phi) is 5.69. The molecule has 2 atom stereocenters. The number of hydrogen-bond acceptors (Lipinski definition) is 3. The van der Waals surface area contributed by atoms with Crippen molar-refractivity contribution in [1.29, 1.82) is 0 Å². The highest BCUT2D eigenvalue weighted by Crippen LogP contribution is 2.27. The van der Waals surface area contributed by atoms with Gasteiger partial charge in [-0.15, -0.1) is 0 Å². The molecule has 1 aromatic rings. The molecular formula is C19H30N2O2. The van der Waals surface area contributed by atoms with Gasteiger partial charge in [0.1, 0.15) is 5.60 Å². The summed E-state index contributed by atoms with van der Waals surface area (Å²) in [6.45, 7) is 12.9. The maximum atomic E-state index is 12.1. The zero-order valence-electron chi connectivity index (χ0n) is 15.1. The van der Waals surface area contributed by atoms with Crippen molar-refractivity contribution in [2.45, 2.75) is 58.6 Å². The lowest BCUT2D eigenvalue weighted by Gasteiger charge is -2.38. The van der Waals surface area contributed by atoms with Crippen LogP contribution in [0.15, 0.2) is 24.3 Å². The van der Waals surface area contributed by atoms with Crippen molar-refractivity contribution in [3.63, 3.8) is 0 Å². The maximum Gasteiger partial charge on any atom is 0.407 e. The van der Waals surface area contributed by atoms with E-state index in [1.54, 1.807) is 0 Å². The zero-order chi connectivity index (χ0) is 17.0. The molecule has 128 valence electrons. The minimum Gasteiger partial charge on any atom is -0.444 e. The van der Waals surface area contributed by atoms with E-state index in [0.717, 1.165) is 26.1 Å². The maximum absolute atomic E-state index is 12.1. The first kappa shape index (κ1) is 17.8. The Labute approximate surface area is 140 Å². The number of nitrogens with zero attached hydrogens (tertiary/aromatic N) is 1. The number of hydrogen-bond donors (Lipinski definition) is 1. The first-order valence-corrected chi connectivity index (χ1v) is 8.55. The summed E-state index contributed by atoms with van der Waals surface area (Å²) in [6, 6.07) is 8.83. The number of benzene rings is 1. The molecule has 1 aromatic carbocycles. The molecule has 1 saturated heterocycles. The molecule has 1 fully saturated rings. The number of rotatable bonds is 3. The molecule has 23 heavy (non-hydrogen) atoms. The molecule has 0 spiro atoms. The van der Waals surface area contributed by atoms with Crippen molar-refractivity contribution in [2.24, 2.45) is 0 Å². The Bertz CT molecular complexity index is 536. The van der Waals surface area contributed by atoms with E-state index < -0.39 is 5.60 Å². The van der Waals surface area contributed by atoms with Gasteiger partial charge in [-0.25, -0.2) is 4.79 Å². The Morgan fingerprint density at radius 3 is 2.70 bits per heavy atom. The van der Waals surface area contributed by atoms with E-state index in [2.05, 4.69) is 48.3 Å². The topological polar surface area (TPSA) is 41.6 Å². The molecule has 4 nitrogen and oxygen atoms in total. The van der Waals surface area contributed by atoms with Crippen LogP contribution in [0, 0.1) is 6.92 Å². The number of ether oxygens (including phenoxy) is 1. The Morgan fingerprint density at radius 2 is 2.09 bits per heavy atom. The lowest BCUT2D eigenvalue weighted by atomic mass is 9.87. The van der Waals surface area contributed by atoms with Crippen LogP contribution in [0.25, 0.3) is 0 Å². The molecule has 0 bridgehead atoms. The van der Waals surface area contributed by atoms with Gasteiger partial charge in [-0.3, -0.25) is 0 Å². The van der Waals surface area contributed by atoms with Gasteiger partial charge in [-0.1, -0.05) is 36.8 Å². The predicted octanol–water partition coefficient (Wildman–Crippen LogP) is 3.70. The molecule has 1 amide bonds. The number of aryl methyl sites for hydroxylation is 1. The average Bonchev–Trinajstić information content (AvgIpc) is 2.44. The number of likely N-dealkylation sites (N-methyl/N-ethyl adjacent to an activating group) is 1. The molecule has 2 unspecified atom stereocenters. The number of carbonyl (C=O) groups excluding carboxylic acids is 1. The molecular weight excluding hydrogens is 288 g/mol.